The summed E-state index contributed by atoms with van der Waals surface area (Å²) in [5, 5.41) is 3.20. The summed E-state index contributed by atoms with van der Waals surface area (Å²) in [5.41, 5.74) is 0. The molecule has 2 amide bonds. The molecule has 3 saturated heterocycles. The van der Waals surface area contributed by atoms with Crippen LogP contribution >= 0.6 is 24.8 Å². The van der Waals surface area contributed by atoms with Gasteiger partial charge in [-0.15, -0.1) is 24.8 Å². The predicted octanol–water partition coefficient (Wildman–Crippen LogP) is -1.18. The van der Waals surface area contributed by atoms with Crippen LogP contribution in [0.15, 0.2) is 0 Å². The van der Waals surface area contributed by atoms with Crippen LogP contribution < -0.4 is 5.32 Å². The number of amides is 2. The number of carbonyl (C=O) groups excluding carboxylic acids is 2. The maximum absolute atomic E-state index is 12.4. The fraction of sp³-hybridized carbons (Fsp3) is 0.867. The lowest BCUT2D eigenvalue weighted by Crippen LogP contribution is -2.58. The van der Waals surface area contributed by atoms with Gasteiger partial charge in [0.25, 0.3) is 0 Å². The average Bonchev–Trinajstić information content (AvgIpc) is 2.63. The Hall–Kier alpha value is -0.640. The van der Waals surface area contributed by atoms with Crippen LogP contribution in [-0.4, -0.2) is 111 Å². The summed E-state index contributed by atoms with van der Waals surface area (Å²) in [6.45, 7) is 7.75. The van der Waals surface area contributed by atoms with E-state index in [1.807, 2.05) is 9.80 Å². The standard InChI is InChI=1S/C15H26N4O4.2ClH/c20-14(18-6-9-22-10-7-18)11-17-2-4-19(5-3-17)15(21)13-12-23-8-1-16-13;;/h13,16H,1-12H2;2*1H. The topological polar surface area (TPSA) is 74.4 Å². The van der Waals surface area contributed by atoms with Crippen LogP contribution in [0, 0.1) is 0 Å². The van der Waals surface area contributed by atoms with Crippen molar-refractivity contribution in [3.8, 4) is 0 Å². The third kappa shape index (κ3) is 6.23. The van der Waals surface area contributed by atoms with E-state index < -0.39 is 0 Å². The summed E-state index contributed by atoms with van der Waals surface area (Å²) in [7, 11) is 0. The Labute approximate surface area is 161 Å². The van der Waals surface area contributed by atoms with Gasteiger partial charge in [0.05, 0.1) is 33.0 Å². The molecule has 3 rings (SSSR count). The van der Waals surface area contributed by atoms with Crippen LogP contribution in [0.4, 0.5) is 0 Å². The van der Waals surface area contributed by atoms with E-state index in [2.05, 4.69) is 10.2 Å². The molecule has 1 atom stereocenters. The number of hydrogen-bond donors (Lipinski definition) is 1. The van der Waals surface area contributed by atoms with Crippen molar-refractivity contribution in [2.45, 2.75) is 6.04 Å². The van der Waals surface area contributed by atoms with Gasteiger partial charge >= 0.3 is 0 Å². The van der Waals surface area contributed by atoms with Gasteiger partial charge in [0.2, 0.25) is 11.8 Å². The molecular formula is C15H28Cl2N4O4. The molecule has 3 heterocycles. The molecule has 25 heavy (non-hydrogen) atoms. The van der Waals surface area contributed by atoms with Crippen LogP contribution in [0.5, 0.6) is 0 Å². The van der Waals surface area contributed by atoms with Gasteiger partial charge in [-0.1, -0.05) is 0 Å². The lowest BCUT2D eigenvalue weighted by Gasteiger charge is -2.37. The van der Waals surface area contributed by atoms with Crippen molar-refractivity contribution in [3.05, 3.63) is 0 Å². The van der Waals surface area contributed by atoms with Crippen LogP contribution in [0.3, 0.4) is 0 Å². The molecule has 0 spiro atoms. The van der Waals surface area contributed by atoms with Gasteiger partial charge in [0, 0.05) is 45.8 Å². The second-order valence-corrected chi connectivity index (χ2v) is 6.18. The first-order valence-corrected chi connectivity index (χ1v) is 8.42. The molecule has 0 aromatic rings. The highest BCUT2D eigenvalue weighted by Crippen LogP contribution is 2.07. The zero-order valence-electron chi connectivity index (χ0n) is 14.4. The largest absolute Gasteiger partial charge is 0.378 e. The lowest BCUT2D eigenvalue weighted by atomic mass is 10.2. The summed E-state index contributed by atoms with van der Waals surface area (Å²) in [6.07, 6.45) is 0. The fourth-order valence-electron chi connectivity index (χ4n) is 3.17. The third-order valence-corrected chi connectivity index (χ3v) is 4.63. The van der Waals surface area contributed by atoms with E-state index in [-0.39, 0.29) is 42.7 Å². The van der Waals surface area contributed by atoms with Gasteiger partial charge in [0.15, 0.2) is 0 Å². The molecule has 0 aliphatic carbocycles. The number of nitrogens with one attached hydrogen (secondary N) is 1. The Morgan fingerprint density at radius 2 is 1.56 bits per heavy atom. The van der Waals surface area contributed by atoms with E-state index in [9.17, 15) is 9.59 Å². The molecule has 146 valence electrons. The molecule has 3 aliphatic heterocycles. The van der Waals surface area contributed by atoms with E-state index in [4.69, 9.17) is 9.47 Å². The van der Waals surface area contributed by atoms with Gasteiger partial charge < -0.3 is 24.6 Å². The molecule has 0 radical (unpaired) electrons. The number of carbonyl (C=O) groups is 2. The molecule has 0 bridgehead atoms. The summed E-state index contributed by atoms with van der Waals surface area (Å²) < 4.78 is 10.6. The van der Waals surface area contributed by atoms with Crippen LogP contribution in [-0.2, 0) is 19.1 Å². The van der Waals surface area contributed by atoms with Crippen LogP contribution in [0.2, 0.25) is 0 Å². The van der Waals surface area contributed by atoms with E-state index in [1.165, 1.54) is 0 Å². The molecule has 0 aromatic heterocycles. The molecular weight excluding hydrogens is 371 g/mol. The monoisotopic (exact) mass is 398 g/mol. The number of rotatable bonds is 3. The predicted molar refractivity (Wildman–Crippen MR) is 97.5 cm³/mol. The quantitative estimate of drug-likeness (QED) is 0.644. The van der Waals surface area contributed by atoms with Crippen molar-refractivity contribution in [2.75, 3.05) is 78.8 Å². The van der Waals surface area contributed by atoms with Gasteiger partial charge in [-0.3, -0.25) is 14.5 Å². The summed E-state index contributed by atoms with van der Waals surface area (Å²) in [4.78, 5) is 30.5. The molecule has 3 aliphatic rings. The first-order chi connectivity index (χ1) is 11.2. The van der Waals surface area contributed by atoms with Gasteiger partial charge in [-0.05, 0) is 0 Å². The minimum atomic E-state index is -0.217. The molecule has 8 nitrogen and oxygen atoms in total. The van der Waals surface area contributed by atoms with Crippen molar-refractivity contribution in [1.82, 2.24) is 20.0 Å². The number of hydrogen-bond acceptors (Lipinski definition) is 6. The SMILES string of the molecule is Cl.Cl.O=C(CN1CCN(C(=O)C2COCCN2)CC1)N1CCOCC1. The van der Waals surface area contributed by atoms with Gasteiger partial charge in [0.1, 0.15) is 6.04 Å². The Balaban J connectivity index is 0.00000156. The maximum atomic E-state index is 12.4. The summed E-state index contributed by atoms with van der Waals surface area (Å²) in [6, 6.07) is -0.217. The van der Waals surface area contributed by atoms with Gasteiger partial charge in [-0.25, -0.2) is 0 Å². The molecule has 1 unspecified atom stereocenters. The second-order valence-electron chi connectivity index (χ2n) is 6.18. The van der Waals surface area contributed by atoms with Gasteiger partial charge in [-0.2, -0.15) is 0 Å². The Morgan fingerprint density at radius 3 is 2.16 bits per heavy atom. The fourth-order valence-corrected chi connectivity index (χ4v) is 3.17. The Morgan fingerprint density at radius 1 is 0.880 bits per heavy atom. The van der Waals surface area contributed by atoms with Crippen LogP contribution in [0.25, 0.3) is 0 Å². The zero-order valence-corrected chi connectivity index (χ0v) is 16.0. The second kappa shape index (κ2) is 11.2. The smallest absolute Gasteiger partial charge is 0.242 e. The average molecular weight is 399 g/mol. The minimum Gasteiger partial charge on any atom is -0.378 e. The van der Waals surface area contributed by atoms with Crippen molar-refractivity contribution in [2.24, 2.45) is 0 Å². The van der Waals surface area contributed by atoms with Crippen molar-refractivity contribution >= 4 is 36.6 Å². The first kappa shape index (κ1) is 22.4. The molecule has 3 fully saturated rings. The van der Waals surface area contributed by atoms with Crippen LogP contribution in [0.1, 0.15) is 0 Å². The minimum absolute atomic E-state index is 0. The van der Waals surface area contributed by atoms with Crippen molar-refractivity contribution in [1.29, 1.82) is 0 Å². The van der Waals surface area contributed by atoms with E-state index >= 15 is 0 Å². The number of nitrogens with zero attached hydrogens (tertiary/aromatic N) is 3. The third-order valence-electron chi connectivity index (χ3n) is 4.63. The molecule has 0 aromatic carbocycles. The Kier molecular flexibility index (Phi) is 9.99. The highest BCUT2D eigenvalue weighted by atomic mass is 35.5. The highest BCUT2D eigenvalue weighted by molar-refractivity contribution is 5.85. The molecule has 10 heteroatoms. The van der Waals surface area contributed by atoms with E-state index in [0.29, 0.717) is 59.2 Å². The number of morpholine rings is 2. The normalized spacial score (nSPS) is 24.9. The van der Waals surface area contributed by atoms with Crippen molar-refractivity contribution in [3.63, 3.8) is 0 Å². The van der Waals surface area contributed by atoms with E-state index in [1.54, 1.807) is 0 Å². The number of halogens is 2. The van der Waals surface area contributed by atoms with E-state index in [0.717, 1.165) is 19.6 Å². The zero-order chi connectivity index (χ0) is 16.1. The number of ether oxygens (including phenoxy) is 2. The number of piperazine rings is 1. The molecule has 0 saturated carbocycles. The summed E-state index contributed by atoms with van der Waals surface area (Å²) in [5.74, 6) is 0.277. The summed E-state index contributed by atoms with van der Waals surface area (Å²) >= 11 is 0. The first-order valence-electron chi connectivity index (χ1n) is 8.42. The molecule has 1 N–H and O–H groups in total. The highest BCUT2D eigenvalue weighted by Gasteiger charge is 2.29. The lowest BCUT2D eigenvalue weighted by molar-refractivity contribution is -0.140. The van der Waals surface area contributed by atoms with Crippen molar-refractivity contribution < 1.29 is 19.1 Å². The maximum Gasteiger partial charge on any atom is 0.242 e. The Bertz CT molecular complexity index is 424.